The molecule has 1 aromatic rings. The summed E-state index contributed by atoms with van der Waals surface area (Å²) >= 11 is 8.07. The van der Waals surface area contributed by atoms with E-state index >= 15 is 0 Å². The van der Waals surface area contributed by atoms with Gasteiger partial charge in [-0.05, 0) is 49.0 Å². The minimum atomic E-state index is -0.117. The van der Waals surface area contributed by atoms with E-state index in [0.717, 1.165) is 34.9 Å². The first-order chi connectivity index (χ1) is 9.66. The lowest BCUT2D eigenvalue weighted by Gasteiger charge is -2.35. The van der Waals surface area contributed by atoms with Crippen molar-refractivity contribution in [1.82, 2.24) is 10.2 Å². The third kappa shape index (κ3) is 2.69. The topological polar surface area (TPSA) is 32.3 Å². The number of amides is 1. The molecule has 3 nitrogen and oxygen atoms in total. The van der Waals surface area contributed by atoms with Gasteiger partial charge < -0.3 is 4.90 Å². The molecule has 2 heterocycles. The smallest absolute Gasteiger partial charge is 0.241 e. The first kappa shape index (κ1) is 14.2. The van der Waals surface area contributed by atoms with Gasteiger partial charge in [0, 0.05) is 11.1 Å². The van der Waals surface area contributed by atoms with Crippen LogP contribution in [-0.4, -0.2) is 34.4 Å². The summed E-state index contributed by atoms with van der Waals surface area (Å²) in [7, 11) is 0. The molecule has 0 radical (unpaired) electrons. The lowest BCUT2D eigenvalue weighted by molar-refractivity contribution is -0.132. The summed E-state index contributed by atoms with van der Waals surface area (Å²) in [6.07, 6.45) is 2.13. The minimum Gasteiger partial charge on any atom is -0.319 e. The molecule has 0 bridgehead atoms. The van der Waals surface area contributed by atoms with E-state index in [1.165, 1.54) is 0 Å². The summed E-state index contributed by atoms with van der Waals surface area (Å²) in [6, 6.07) is 8.04. The van der Waals surface area contributed by atoms with Crippen LogP contribution in [0.3, 0.4) is 0 Å². The molecule has 3 rings (SSSR count). The number of carbonyl (C=O) groups is 1. The molecule has 108 valence electrons. The first-order valence-electron chi connectivity index (χ1n) is 7.08. The van der Waals surface area contributed by atoms with Crippen molar-refractivity contribution in [1.29, 1.82) is 0 Å². The molecular formula is C15H19ClN2OS. The maximum atomic E-state index is 12.5. The molecule has 1 amide bonds. The van der Waals surface area contributed by atoms with Gasteiger partial charge in [-0.2, -0.15) is 11.8 Å². The second-order valence-corrected chi connectivity index (χ2v) is 7.10. The van der Waals surface area contributed by atoms with Gasteiger partial charge in [0.2, 0.25) is 5.91 Å². The van der Waals surface area contributed by atoms with Crippen molar-refractivity contribution in [2.75, 3.05) is 11.5 Å². The summed E-state index contributed by atoms with van der Waals surface area (Å²) in [6.45, 7) is 1.94. The molecule has 0 saturated carbocycles. The van der Waals surface area contributed by atoms with Crippen molar-refractivity contribution in [3.05, 3.63) is 34.9 Å². The molecule has 0 spiro atoms. The molecule has 2 fully saturated rings. The number of thioether (sulfide) groups is 1. The maximum absolute atomic E-state index is 12.5. The number of hydrogen-bond donors (Lipinski definition) is 1. The molecule has 2 aliphatic rings. The number of nitrogens with zero attached hydrogens (tertiary/aromatic N) is 1. The number of nitrogens with one attached hydrogen (secondary N) is 1. The summed E-state index contributed by atoms with van der Waals surface area (Å²) in [5.74, 6) is 2.50. The van der Waals surface area contributed by atoms with Gasteiger partial charge in [0.05, 0.1) is 6.04 Å². The standard InChI is InChI=1S/C15H19ClN2OS/c1-10-15(19)18(13-5-7-20-8-6-13)14(17-10)11-3-2-4-12(16)9-11/h2-4,9-10,13-14,17H,5-8H2,1H3. The highest BCUT2D eigenvalue weighted by Gasteiger charge is 2.41. The van der Waals surface area contributed by atoms with Crippen LogP contribution in [0.15, 0.2) is 24.3 Å². The molecule has 0 aliphatic carbocycles. The van der Waals surface area contributed by atoms with Gasteiger partial charge in [-0.3, -0.25) is 10.1 Å². The average molecular weight is 311 g/mol. The van der Waals surface area contributed by atoms with E-state index in [0.29, 0.717) is 6.04 Å². The Morgan fingerprint density at radius 2 is 2.10 bits per heavy atom. The van der Waals surface area contributed by atoms with E-state index in [9.17, 15) is 4.79 Å². The van der Waals surface area contributed by atoms with Crippen LogP contribution in [0.25, 0.3) is 0 Å². The number of hydrogen-bond acceptors (Lipinski definition) is 3. The van der Waals surface area contributed by atoms with Crippen LogP contribution in [-0.2, 0) is 4.79 Å². The highest BCUT2D eigenvalue weighted by molar-refractivity contribution is 7.99. The van der Waals surface area contributed by atoms with E-state index in [-0.39, 0.29) is 18.1 Å². The number of rotatable bonds is 2. The van der Waals surface area contributed by atoms with E-state index in [1.54, 1.807) is 0 Å². The van der Waals surface area contributed by atoms with Crippen molar-refractivity contribution in [2.45, 2.75) is 38.0 Å². The molecule has 2 atom stereocenters. The highest BCUT2D eigenvalue weighted by atomic mass is 35.5. The zero-order chi connectivity index (χ0) is 14.1. The predicted octanol–water partition coefficient (Wildman–Crippen LogP) is 3.05. The summed E-state index contributed by atoms with van der Waals surface area (Å²) < 4.78 is 0. The number of benzene rings is 1. The summed E-state index contributed by atoms with van der Waals surface area (Å²) in [4.78, 5) is 14.5. The first-order valence-corrected chi connectivity index (χ1v) is 8.61. The Labute approximate surface area is 129 Å². The van der Waals surface area contributed by atoms with Gasteiger partial charge in [-0.25, -0.2) is 0 Å². The van der Waals surface area contributed by atoms with Gasteiger partial charge in [0.1, 0.15) is 6.17 Å². The zero-order valence-corrected chi connectivity index (χ0v) is 13.1. The second-order valence-electron chi connectivity index (χ2n) is 5.43. The van der Waals surface area contributed by atoms with Gasteiger partial charge >= 0.3 is 0 Å². The fraction of sp³-hybridized carbons (Fsp3) is 0.533. The molecule has 0 aromatic heterocycles. The molecule has 20 heavy (non-hydrogen) atoms. The van der Waals surface area contributed by atoms with Crippen molar-refractivity contribution in [2.24, 2.45) is 0 Å². The van der Waals surface area contributed by atoms with Crippen LogP contribution in [0.1, 0.15) is 31.5 Å². The van der Waals surface area contributed by atoms with Crippen LogP contribution in [0.5, 0.6) is 0 Å². The maximum Gasteiger partial charge on any atom is 0.241 e. The van der Waals surface area contributed by atoms with E-state index in [2.05, 4.69) is 10.2 Å². The van der Waals surface area contributed by atoms with Crippen LogP contribution >= 0.6 is 23.4 Å². The monoisotopic (exact) mass is 310 g/mol. The molecule has 5 heteroatoms. The largest absolute Gasteiger partial charge is 0.319 e. The van der Waals surface area contributed by atoms with Crippen molar-refractivity contribution in [3.8, 4) is 0 Å². The SMILES string of the molecule is CC1NC(c2cccc(Cl)c2)N(C2CCSCC2)C1=O. The minimum absolute atomic E-state index is 0.0377. The average Bonchev–Trinajstić information content (AvgIpc) is 2.76. The fourth-order valence-electron chi connectivity index (χ4n) is 3.03. The Bertz CT molecular complexity index is 504. The Balaban J connectivity index is 1.89. The van der Waals surface area contributed by atoms with Gasteiger partial charge in [0.25, 0.3) is 0 Å². The van der Waals surface area contributed by atoms with E-state index < -0.39 is 0 Å². The molecule has 2 aliphatic heterocycles. The van der Waals surface area contributed by atoms with Crippen LogP contribution in [0, 0.1) is 0 Å². The normalized spacial score (nSPS) is 28.1. The van der Waals surface area contributed by atoms with Crippen LogP contribution in [0.4, 0.5) is 0 Å². The molecular weight excluding hydrogens is 292 g/mol. The van der Waals surface area contributed by atoms with E-state index in [1.807, 2.05) is 43.0 Å². The van der Waals surface area contributed by atoms with Crippen molar-refractivity contribution < 1.29 is 4.79 Å². The Kier molecular flexibility index (Phi) is 4.24. The van der Waals surface area contributed by atoms with Gasteiger partial charge in [-0.15, -0.1) is 0 Å². The molecule has 2 unspecified atom stereocenters. The second kappa shape index (κ2) is 5.96. The van der Waals surface area contributed by atoms with Gasteiger partial charge in [-0.1, -0.05) is 23.7 Å². The summed E-state index contributed by atoms with van der Waals surface area (Å²) in [5, 5.41) is 4.12. The Morgan fingerprint density at radius 3 is 2.80 bits per heavy atom. The van der Waals surface area contributed by atoms with Gasteiger partial charge in [0.15, 0.2) is 0 Å². The Hall–Kier alpha value is -0.710. The molecule has 2 saturated heterocycles. The number of halogens is 1. The lowest BCUT2D eigenvalue weighted by Crippen LogP contribution is -2.42. The number of carbonyl (C=O) groups excluding carboxylic acids is 1. The highest BCUT2D eigenvalue weighted by Crippen LogP contribution is 2.33. The van der Waals surface area contributed by atoms with Crippen molar-refractivity contribution in [3.63, 3.8) is 0 Å². The third-order valence-electron chi connectivity index (χ3n) is 4.06. The van der Waals surface area contributed by atoms with E-state index in [4.69, 9.17) is 11.6 Å². The Morgan fingerprint density at radius 1 is 1.35 bits per heavy atom. The predicted molar refractivity (Wildman–Crippen MR) is 84.0 cm³/mol. The van der Waals surface area contributed by atoms with Crippen LogP contribution in [0.2, 0.25) is 5.02 Å². The third-order valence-corrected chi connectivity index (χ3v) is 5.34. The van der Waals surface area contributed by atoms with Crippen molar-refractivity contribution >= 4 is 29.3 Å². The summed E-state index contributed by atoms with van der Waals surface area (Å²) in [5.41, 5.74) is 1.08. The fourth-order valence-corrected chi connectivity index (χ4v) is 4.31. The lowest BCUT2D eigenvalue weighted by atomic mass is 10.1. The molecule has 1 N–H and O–H groups in total. The van der Waals surface area contributed by atoms with Crippen LogP contribution < -0.4 is 5.32 Å². The molecule has 1 aromatic carbocycles. The quantitative estimate of drug-likeness (QED) is 0.911. The zero-order valence-electron chi connectivity index (χ0n) is 11.5.